The Bertz CT molecular complexity index is 1080. The molecule has 0 atom stereocenters. The largest absolute Gasteiger partial charge is 0.378 e. The first kappa shape index (κ1) is 18.2. The van der Waals surface area contributed by atoms with Crippen LogP contribution in [0.25, 0.3) is 5.69 Å². The lowest BCUT2D eigenvalue weighted by atomic mass is 10.2. The van der Waals surface area contributed by atoms with Crippen LogP contribution in [0, 0.1) is 0 Å². The van der Waals surface area contributed by atoms with Crippen molar-refractivity contribution in [3.8, 4) is 5.69 Å². The van der Waals surface area contributed by atoms with E-state index in [9.17, 15) is 13.2 Å². The van der Waals surface area contributed by atoms with Crippen molar-refractivity contribution in [1.29, 1.82) is 0 Å². The van der Waals surface area contributed by atoms with Gasteiger partial charge in [-0.25, -0.2) is 8.42 Å². The van der Waals surface area contributed by atoms with Crippen molar-refractivity contribution in [2.24, 2.45) is 0 Å². The molecule has 1 aromatic heterocycles. The fourth-order valence-electron chi connectivity index (χ4n) is 2.36. The molecule has 0 radical (unpaired) electrons. The molecule has 1 N–H and O–H groups in total. The van der Waals surface area contributed by atoms with Gasteiger partial charge in [0.05, 0.1) is 22.5 Å². The van der Waals surface area contributed by atoms with Crippen LogP contribution in [0.4, 0.5) is 5.69 Å². The van der Waals surface area contributed by atoms with E-state index in [1.54, 1.807) is 36.4 Å². The summed E-state index contributed by atoms with van der Waals surface area (Å²) in [4.78, 5) is 12.7. The molecule has 0 spiro atoms. The average Bonchev–Trinajstić information content (AvgIpc) is 2.63. The molecule has 0 aliphatic rings. The molecule has 6 nitrogen and oxygen atoms in total. The molecule has 0 amide bonds. The van der Waals surface area contributed by atoms with E-state index in [4.69, 9.17) is 11.6 Å². The molecule has 0 unspecified atom stereocenters. The Kier molecular flexibility index (Phi) is 5.11. The van der Waals surface area contributed by atoms with Crippen LogP contribution in [-0.4, -0.2) is 24.5 Å². The highest BCUT2D eigenvalue weighted by Gasteiger charge is 2.11. The number of rotatable bonds is 5. The van der Waals surface area contributed by atoms with Gasteiger partial charge in [0.2, 0.25) is 0 Å². The van der Waals surface area contributed by atoms with Crippen LogP contribution in [-0.2, 0) is 16.4 Å². The zero-order chi connectivity index (χ0) is 18.7. The molecular formula is C18H16ClN3O3S. The van der Waals surface area contributed by atoms with Gasteiger partial charge >= 0.3 is 0 Å². The summed E-state index contributed by atoms with van der Waals surface area (Å²) in [7, 11) is -3.23. The standard InChI is InChI=1S/C18H16ClN3O3S/c1-26(24,25)15-9-7-13(8-10-15)11-20-16-12-21-22(18(23)17(16)19)14-5-3-2-4-6-14/h2-10,12,20H,11H2,1H3. The fourth-order valence-corrected chi connectivity index (χ4v) is 3.19. The highest BCUT2D eigenvalue weighted by atomic mass is 35.5. The Morgan fingerprint density at radius 2 is 1.73 bits per heavy atom. The first-order valence-electron chi connectivity index (χ1n) is 7.72. The Balaban J connectivity index is 1.79. The van der Waals surface area contributed by atoms with E-state index >= 15 is 0 Å². The summed E-state index contributed by atoms with van der Waals surface area (Å²) < 4.78 is 24.2. The summed E-state index contributed by atoms with van der Waals surface area (Å²) >= 11 is 6.18. The minimum Gasteiger partial charge on any atom is -0.378 e. The van der Waals surface area contributed by atoms with Gasteiger partial charge < -0.3 is 5.32 Å². The number of sulfone groups is 1. The molecular weight excluding hydrogens is 374 g/mol. The Labute approximate surface area is 156 Å². The van der Waals surface area contributed by atoms with Crippen molar-refractivity contribution in [3.05, 3.63) is 81.7 Å². The zero-order valence-corrected chi connectivity index (χ0v) is 15.5. The lowest BCUT2D eigenvalue weighted by Crippen LogP contribution is -2.22. The van der Waals surface area contributed by atoms with Gasteiger partial charge in [-0.15, -0.1) is 0 Å². The van der Waals surface area contributed by atoms with Gasteiger partial charge in [-0.1, -0.05) is 41.9 Å². The summed E-state index contributed by atoms with van der Waals surface area (Å²) in [5.74, 6) is 0. The molecule has 0 aliphatic carbocycles. The molecule has 26 heavy (non-hydrogen) atoms. The second-order valence-electron chi connectivity index (χ2n) is 5.69. The Morgan fingerprint density at radius 1 is 1.08 bits per heavy atom. The number of benzene rings is 2. The smallest absolute Gasteiger partial charge is 0.292 e. The van der Waals surface area contributed by atoms with Crippen molar-refractivity contribution >= 4 is 27.1 Å². The van der Waals surface area contributed by atoms with Crippen molar-refractivity contribution in [2.75, 3.05) is 11.6 Å². The summed E-state index contributed by atoms with van der Waals surface area (Å²) in [6, 6.07) is 15.5. The molecule has 3 aromatic rings. The van der Waals surface area contributed by atoms with Crippen LogP contribution in [0.2, 0.25) is 5.02 Å². The summed E-state index contributed by atoms with van der Waals surface area (Å²) in [6.07, 6.45) is 2.65. The third-order valence-corrected chi connectivity index (χ3v) is 5.25. The first-order valence-corrected chi connectivity index (χ1v) is 9.99. The maximum Gasteiger partial charge on any atom is 0.292 e. The van der Waals surface area contributed by atoms with Crippen molar-refractivity contribution in [1.82, 2.24) is 9.78 Å². The predicted molar refractivity (Wildman–Crippen MR) is 102 cm³/mol. The quantitative estimate of drug-likeness (QED) is 0.725. The molecule has 134 valence electrons. The Hall–Kier alpha value is -2.64. The Morgan fingerprint density at radius 3 is 2.35 bits per heavy atom. The minimum atomic E-state index is -3.23. The van der Waals surface area contributed by atoms with Crippen LogP contribution in [0.3, 0.4) is 0 Å². The van der Waals surface area contributed by atoms with Crippen LogP contribution in [0.5, 0.6) is 0 Å². The maximum absolute atomic E-state index is 12.4. The van der Waals surface area contributed by atoms with Crippen LogP contribution in [0.1, 0.15) is 5.56 Å². The highest BCUT2D eigenvalue weighted by Crippen LogP contribution is 2.18. The van der Waals surface area contributed by atoms with Gasteiger partial charge in [0, 0.05) is 12.8 Å². The molecule has 0 fully saturated rings. The van der Waals surface area contributed by atoms with Crippen molar-refractivity contribution in [3.63, 3.8) is 0 Å². The molecule has 0 saturated heterocycles. The van der Waals surface area contributed by atoms with Crippen LogP contribution < -0.4 is 10.9 Å². The number of hydrogen-bond acceptors (Lipinski definition) is 5. The summed E-state index contributed by atoms with van der Waals surface area (Å²) in [5.41, 5.74) is 1.47. The maximum atomic E-state index is 12.4. The number of anilines is 1. The second-order valence-corrected chi connectivity index (χ2v) is 8.09. The average molecular weight is 390 g/mol. The minimum absolute atomic E-state index is 0.0385. The van der Waals surface area contributed by atoms with E-state index in [0.717, 1.165) is 11.8 Å². The second kappa shape index (κ2) is 7.31. The summed E-state index contributed by atoms with van der Waals surface area (Å²) in [5, 5.41) is 7.23. The number of nitrogens with one attached hydrogen (secondary N) is 1. The molecule has 2 aromatic carbocycles. The van der Waals surface area contributed by atoms with Gasteiger partial charge in [0.1, 0.15) is 5.02 Å². The third kappa shape index (κ3) is 3.95. The monoisotopic (exact) mass is 389 g/mol. The molecule has 1 heterocycles. The number of hydrogen-bond donors (Lipinski definition) is 1. The number of para-hydroxylation sites is 1. The van der Waals surface area contributed by atoms with Gasteiger partial charge in [0.25, 0.3) is 5.56 Å². The number of aromatic nitrogens is 2. The van der Waals surface area contributed by atoms with Crippen molar-refractivity contribution in [2.45, 2.75) is 11.4 Å². The van der Waals surface area contributed by atoms with E-state index in [0.29, 0.717) is 17.9 Å². The molecule has 0 saturated carbocycles. The fraction of sp³-hybridized carbons (Fsp3) is 0.111. The number of nitrogens with zero attached hydrogens (tertiary/aromatic N) is 2. The van der Waals surface area contributed by atoms with E-state index in [2.05, 4.69) is 10.4 Å². The van der Waals surface area contributed by atoms with Gasteiger partial charge in [-0.2, -0.15) is 9.78 Å². The lowest BCUT2D eigenvalue weighted by molar-refractivity contribution is 0.602. The van der Waals surface area contributed by atoms with E-state index in [-0.39, 0.29) is 9.92 Å². The third-order valence-electron chi connectivity index (χ3n) is 3.75. The number of halogens is 1. The van der Waals surface area contributed by atoms with Gasteiger partial charge in [-0.05, 0) is 29.8 Å². The lowest BCUT2D eigenvalue weighted by Gasteiger charge is -2.10. The highest BCUT2D eigenvalue weighted by molar-refractivity contribution is 7.90. The molecule has 3 rings (SSSR count). The van der Waals surface area contributed by atoms with Crippen molar-refractivity contribution < 1.29 is 8.42 Å². The molecule has 0 bridgehead atoms. The zero-order valence-electron chi connectivity index (χ0n) is 13.9. The van der Waals surface area contributed by atoms with E-state index in [1.807, 2.05) is 18.2 Å². The first-order chi connectivity index (χ1) is 12.4. The summed E-state index contributed by atoms with van der Waals surface area (Å²) in [6.45, 7) is 0.375. The van der Waals surface area contributed by atoms with Crippen LogP contribution >= 0.6 is 11.6 Å². The molecule has 0 aliphatic heterocycles. The normalized spacial score (nSPS) is 11.3. The van der Waals surface area contributed by atoms with Crippen LogP contribution in [0.15, 0.2) is 70.5 Å². The van der Waals surface area contributed by atoms with Gasteiger partial charge in [0.15, 0.2) is 9.84 Å². The van der Waals surface area contributed by atoms with E-state index < -0.39 is 15.4 Å². The SMILES string of the molecule is CS(=O)(=O)c1ccc(CNc2cnn(-c3ccccc3)c(=O)c2Cl)cc1. The topological polar surface area (TPSA) is 81.1 Å². The van der Waals surface area contributed by atoms with E-state index in [1.165, 1.54) is 10.9 Å². The molecule has 8 heteroatoms. The predicted octanol–water partition coefficient (Wildman–Crippen LogP) is 2.90. The van der Waals surface area contributed by atoms with Gasteiger partial charge in [-0.3, -0.25) is 4.79 Å².